The van der Waals surface area contributed by atoms with Gasteiger partial charge < -0.3 is 0 Å². The number of carbonyl (C=O) groups is 1. The molecule has 0 saturated carbocycles. The molecular formula is C16H33HgO5P+. The van der Waals surface area contributed by atoms with E-state index in [1.165, 1.54) is 45.4 Å². The van der Waals surface area contributed by atoms with E-state index in [4.69, 9.17) is 9.05 Å². The maximum Gasteiger partial charge on any atom is 0.697 e. The minimum atomic E-state index is -1.88. The first-order valence-electron chi connectivity index (χ1n) is 8.74. The molecule has 0 aromatic rings. The molecule has 0 aliphatic heterocycles. The van der Waals surface area contributed by atoms with Crippen LogP contribution in [0.2, 0.25) is 0 Å². The zero-order chi connectivity index (χ0) is 17.8. The van der Waals surface area contributed by atoms with E-state index >= 15 is 0 Å². The van der Waals surface area contributed by atoms with Gasteiger partial charge in [-0.3, -0.25) is 0 Å². The van der Waals surface area contributed by atoms with E-state index in [0.717, 1.165) is 25.7 Å². The second kappa shape index (κ2) is 22.4. The van der Waals surface area contributed by atoms with Gasteiger partial charge in [0.1, 0.15) is 13.2 Å². The Kier molecular flexibility index (Phi) is 25.0. The molecule has 0 amide bonds. The smallest absolute Gasteiger partial charge is 0.119 e. The first kappa shape index (κ1) is 25.7. The Hall–Kier alpha value is 0.425. The molecule has 0 saturated heterocycles. The van der Waals surface area contributed by atoms with Crippen LogP contribution >= 0.6 is 8.25 Å². The van der Waals surface area contributed by atoms with E-state index in [-0.39, 0.29) is 32.5 Å². The third kappa shape index (κ3) is 27.6. The van der Waals surface area contributed by atoms with Crippen molar-refractivity contribution < 1.29 is 47.6 Å². The average Bonchev–Trinajstić information content (AvgIpc) is 2.54. The van der Waals surface area contributed by atoms with Gasteiger partial charge in [0.05, 0.1) is 0 Å². The van der Waals surface area contributed by atoms with Crippen LogP contribution in [0.15, 0.2) is 0 Å². The first-order chi connectivity index (χ1) is 11.1. The summed E-state index contributed by atoms with van der Waals surface area (Å²) in [5, 5.41) is 0. The largest absolute Gasteiger partial charge is 0.697 e. The zero-order valence-corrected chi connectivity index (χ0v) is 21.6. The summed E-state index contributed by atoms with van der Waals surface area (Å²) in [5.74, 6) is -0.159. The number of rotatable bonds is 14. The fourth-order valence-corrected chi connectivity index (χ4v) is 2.36. The molecule has 0 heterocycles. The predicted octanol–water partition coefficient (Wildman–Crippen LogP) is 5.63. The summed E-state index contributed by atoms with van der Waals surface area (Å²) in [6.07, 6.45) is 11.8. The van der Waals surface area contributed by atoms with E-state index in [2.05, 4.69) is 16.5 Å². The Bertz CT molecular complexity index is 259. The Morgan fingerprint density at radius 3 is 1.48 bits per heavy atom. The van der Waals surface area contributed by atoms with Gasteiger partial charge in [-0.05, 0) is 12.8 Å². The molecular weight excluding hydrogens is 504 g/mol. The van der Waals surface area contributed by atoms with E-state index in [1.54, 1.807) is 0 Å². The van der Waals surface area contributed by atoms with Gasteiger partial charge in [-0.25, -0.2) is 0 Å². The van der Waals surface area contributed by atoms with E-state index < -0.39 is 8.25 Å². The van der Waals surface area contributed by atoms with Crippen molar-refractivity contribution in [3.63, 3.8) is 0 Å². The van der Waals surface area contributed by atoms with Crippen molar-refractivity contribution >= 4 is 14.2 Å². The molecule has 0 bridgehead atoms. The molecule has 0 rings (SSSR count). The van der Waals surface area contributed by atoms with Crippen molar-refractivity contribution in [1.82, 2.24) is 0 Å². The van der Waals surface area contributed by atoms with Crippen molar-refractivity contribution in [2.75, 3.05) is 13.2 Å². The summed E-state index contributed by atoms with van der Waals surface area (Å²) in [7, 11) is -1.88. The van der Waals surface area contributed by atoms with Crippen LogP contribution in [-0.2, 0) is 47.6 Å². The van der Waals surface area contributed by atoms with Crippen molar-refractivity contribution in [3.05, 3.63) is 0 Å². The van der Waals surface area contributed by atoms with Crippen LogP contribution in [-0.4, -0.2) is 19.2 Å². The maximum absolute atomic E-state index is 11.3. The fourth-order valence-electron chi connectivity index (χ4n) is 1.73. The summed E-state index contributed by atoms with van der Waals surface area (Å²) in [6, 6.07) is 0. The van der Waals surface area contributed by atoms with Crippen LogP contribution in [0.1, 0.15) is 85.0 Å². The number of hydrogen-bond acceptors (Lipinski definition) is 5. The van der Waals surface area contributed by atoms with Gasteiger partial charge in [0, 0.05) is 4.57 Å². The quantitative estimate of drug-likeness (QED) is 0.164. The molecule has 0 atom stereocenters. The van der Waals surface area contributed by atoms with Gasteiger partial charge in [0.25, 0.3) is 0 Å². The molecule has 0 aliphatic carbocycles. The Balaban J connectivity index is 0. The topological polar surface area (TPSA) is 61.8 Å². The second-order valence-corrected chi connectivity index (χ2v) is 7.44. The summed E-state index contributed by atoms with van der Waals surface area (Å²) < 4.78 is 25.9. The zero-order valence-electron chi connectivity index (χ0n) is 15.2. The standard InChI is InChI=1S/C14H30O3P.C2H4O2.Hg/c1-3-5-7-9-11-13-16-18(15)17-14-12-10-8-6-4-2;1-2(3)4;/h3-14H2,1-2H3;1H3,(H,3,4);/q+1;;+1/p-1. The average molecular weight is 537 g/mol. The molecule has 133 valence electrons. The molecule has 0 spiro atoms. The van der Waals surface area contributed by atoms with Gasteiger partial charge >= 0.3 is 55.2 Å². The monoisotopic (exact) mass is 538 g/mol. The number of hydrogen-bond donors (Lipinski definition) is 0. The minimum Gasteiger partial charge on any atom is -0.119 e. The minimum absolute atomic E-state index is 0.159. The normalized spacial score (nSPS) is 9.96. The first-order valence-corrected chi connectivity index (χ1v) is 12.1. The fraction of sp³-hybridized carbons (Fsp3) is 0.938. The van der Waals surface area contributed by atoms with Crippen LogP contribution in [0.25, 0.3) is 0 Å². The maximum atomic E-state index is 11.3. The van der Waals surface area contributed by atoms with Gasteiger partial charge in [-0.1, -0.05) is 65.2 Å². The van der Waals surface area contributed by atoms with Crippen molar-refractivity contribution in [2.45, 2.75) is 85.0 Å². The van der Waals surface area contributed by atoms with Crippen LogP contribution in [0.3, 0.4) is 0 Å². The van der Waals surface area contributed by atoms with Crippen LogP contribution in [0.4, 0.5) is 0 Å². The van der Waals surface area contributed by atoms with Crippen LogP contribution < -0.4 is 0 Å². The summed E-state index contributed by atoms with van der Waals surface area (Å²) >= 11 is 0.194. The van der Waals surface area contributed by atoms with Crippen molar-refractivity contribution in [1.29, 1.82) is 0 Å². The van der Waals surface area contributed by atoms with Crippen molar-refractivity contribution in [2.24, 2.45) is 0 Å². The SMILES string of the molecule is CC(=O)[O][Hg].CCCCCCCO[P+](=O)OCCCCCCC. The molecule has 0 aromatic heterocycles. The number of unbranched alkanes of at least 4 members (excludes halogenated alkanes) is 8. The molecule has 0 unspecified atom stereocenters. The second-order valence-electron chi connectivity index (χ2n) is 5.35. The number of carbonyl (C=O) groups excluding carboxylic acids is 1. The van der Waals surface area contributed by atoms with Crippen molar-refractivity contribution in [3.8, 4) is 0 Å². The molecule has 0 fully saturated rings. The molecule has 0 radical (unpaired) electrons. The Morgan fingerprint density at radius 2 is 1.17 bits per heavy atom. The molecule has 7 heteroatoms. The van der Waals surface area contributed by atoms with Gasteiger partial charge in [0.2, 0.25) is 0 Å². The molecule has 5 nitrogen and oxygen atoms in total. The Morgan fingerprint density at radius 1 is 0.826 bits per heavy atom. The third-order valence-electron chi connectivity index (χ3n) is 3.09. The van der Waals surface area contributed by atoms with Crippen LogP contribution in [0.5, 0.6) is 0 Å². The van der Waals surface area contributed by atoms with Gasteiger partial charge in [0.15, 0.2) is 0 Å². The molecule has 0 aliphatic rings. The van der Waals surface area contributed by atoms with Crippen LogP contribution in [0, 0.1) is 0 Å². The van der Waals surface area contributed by atoms with E-state index in [0.29, 0.717) is 13.2 Å². The summed E-state index contributed by atoms with van der Waals surface area (Å²) in [6.45, 7) is 6.93. The molecule has 0 aromatic carbocycles. The van der Waals surface area contributed by atoms with E-state index in [1.807, 2.05) is 0 Å². The molecule has 23 heavy (non-hydrogen) atoms. The molecule has 0 N–H and O–H groups in total. The predicted molar refractivity (Wildman–Crippen MR) is 88.8 cm³/mol. The summed E-state index contributed by atoms with van der Waals surface area (Å²) in [4.78, 5) is 9.64. The van der Waals surface area contributed by atoms with Gasteiger partial charge in [-0.15, -0.1) is 9.05 Å². The van der Waals surface area contributed by atoms with Gasteiger partial charge in [-0.2, -0.15) is 0 Å². The third-order valence-corrected chi connectivity index (χ3v) is 5.46. The summed E-state index contributed by atoms with van der Waals surface area (Å²) in [5.41, 5.74) is 0. The Labute approximate surface area is 159 Å². The van der Waals surface area contributed by atoms with E-state index in [9.17, 15) is 9.36 Å².